The molecule has 2 heterocycles. The van der Waals surface area contributed by atoms with Gasteiger partial charge in [-0.3, -0.25) is 10.1 Å². The minimum atomic E-state index is -0.395. The highest BCUT2D eigenvalue weighted by Crippen LogP contribution is 2.44. The lowest BCUT2D eigenvalue weighted by Crippen LogP contribution is -2.41. The van der Waals surface area contributed by atoms with Gasteiger partial charge in [0.25, 0.3) is 5.91 Å². The molecule has 3 rings (SSSR count). The summed E-state index contributed by atoms with van der Waals surface area (Å²) in [4.78, 5) is 28.3. The van der Waals surface area contributed by atoms with Gasteiger partial charge in [-0.1, -0.05) is 13.8 Å². The van der Waals surface area contributed by atoms with E-state index in [-0.39, 0.29) is 24.5 Å². The number of rotatable bonds is 4. The number of aliphatic hydroxyl groups excluding tert-OH is 1. The maximum atomic E-state index is 13.2. The smallest absolute Gasteiger partial charge is 0.319 e. The van der Waals surface area contributed by atoms with Crippen molar-refractivity contribution in [2.45, 2.75) is 33.1 Å². The summed E-state index contributed by atoms with van der Waals surface area (Å²) < 4.78 is 5.35. The van der Waals surface area contributed by atoms with Crippen molar-refractivity contribution in [3.05, 3.63) is 16.0 Å². The highest BCUT2D eigenvalue weighted by atomic mass is 32.1. The Bertz CT molecular complexity index is 680. The van der Waals surface area contributed by atoms with E-state index in [2.05, 4.69) is 24.5 Å². The van der Waals surface area contributed by atoms with E-state index in [1.54, 1.807) is 0 Å². The van der Waals surface area contributed by atoms with Crippen LogP contribution >= 0.6 is 11.3 Å². The highest BCUT2D eigenvalue weighted by Gasteiger charge is 2.34. The summed E-state index contributed by atoms with van der Waals surface area (Å²) in [5, 5.41) is 14.9. The number of anilines is 1. The summed E-state index contributed by atoms with van der Waals surface area (Å²) in [6, 6.07) is -0.395. The zero-order chi connectivity index (χ0) is 18.7. The monoisotopic (exact) mass is 381 g/mol. The van der Waals surface area contributed by atoms with Crippen LogP contribution in [0.5, 0.6) is 0 Å². The fourth-order valence-corrected chi connectivity index (χ4v) is 4.95. The Morgan fingerprint density at radius 1 is 1.31 bits per heavy atom. The van der Waals surface area contributed by atoms with E-state index in [0.29, 0.717) is 36.9 Å². The number of ether oxygens (including phenoxy) is 1. The molecule has 0 unspecified atom stereocenters. The average molecular weight is 381 g/mol. The number of nitrogens with zero attached hydrogens (tertiary/aromatic N) is 1. The fourth-order valence-electron chi connectivity index (χ4n) is 3.46. The van der Waals surface area contributed by atoms with E-state index in [9.17, 15) is 9.59 Å². The summed E-state index contributed by atoms with van der Waals surface area (Å²) in [6.07, 6.45) is 2.79. The maximum Gasteiger partial charge on any atom is 0.319 e. The van der Waals surface area contributed by atoms with Gasteiger partial charge in [-0.2, -0.15) is 0 Å². The largest absolute Gasteiger partial charge is 0.395 e. The van der Waals surface area contributed by atoms with Gasteiger partial charge in [0.2, 0.25) is 0 Å². The number of fused-ring (bicyclic) bond motifs is 1. The molecule has 0 aromatic carbocycles. The Balaban J connectivity index is 1.90. The second-order valence-electron chi connectivity index (χ2n) is 7.56. The van der Waals surface area contributed by atoms with Gasteiger partial charge in [0, 0.05) is 24.5 Å². The van der Waals surface area contributed by atoms with E-state index in [0.717, 1.165) is 24.8 Å². The lowest BCUT2D eigenvalue weighted by Gasteiger charge is -2.31. The second kappa shape index (κ2) is 7.94. The van der Waals surface area contributed by atoms with Crippen molar-refractivity contribution in [2.24, 2.45) is 5.41 Å². The number of carbonyl (C=O) groups excluding carboxylic acids is 2. The van der Waals surface area contributed by atoms with Crippen LogP contribution in [0.3, 0.4) is 0 Å². The van der Waals surface area contributed by atoms with Gasteiger partial charge in [-0.05, 0) is 30.2 Å². The Morgan fingerprint density at radius 3 is 2.73 bits per heavy atom. The van der Waals surface area contributed by atoms with Gasteiger partial charge in [0.15, 0.2) is 0 Å². The first-order chi connectivity index (χ1) is 12.4. The molecule has 1 aliphatic carbocycles. The summed E-state index contributed by atoms with van der Waals surface area (Å²) in [5.41, 5.74) is 1.93. The summed E-state index contributed by atoms with van der Waals surface area (Å²) in [6.45, 7) is 6.77. The molecule has 3 amide bonds. The lowest BCUT2D eigenvalue weighted by molar-refractivity contribution is 0.0303. The van der Waals surface area contributed by atoms with Crippen LogP contribution in [0, 0.1) is 5.41 Å². The Hall–Kier alpha value is -1.64. The summed E-state index contributed by atoms with van der Waals surface area (Å²) in [7, 11) is 0. The molecule has 1 aliphatic heterocycles. The first-order valence-electron chi connectivity index (χ1n) is 9.08. The van der Waals surface area contributed by atoms with Gasteiger partial charge >= 0.3 is 6.03 Å². The summed E-state index contributed by atoms with van der Waals surface area (Å²) >= 11 is 1.51. The average Bonchev–Trinajstić information content (AvgIpc) is 2.95. The molecule has 8 heteroatoms. The Morgan fingerprint density at radius 2 is 2.04 bits per heavy atom. The van der Waals surface area contributed by atoms with E-state index >= 15 is 0 Å². The van der Waals surface area contributed by atoms with Crippen molar-refractivity contribution in [2.75, 3.05) is 44.8 Å². The molecule has 7 nitrogen and oxygen atoms in total. The number of amides is 3. The van der Waals surface area contributed by atoms with Crippen molar-refractivity contribution in [3.8, 4) is 0 Å². The Kier molecular flexibility index (Phi) is 5.84. The van der Waals surface area contributed by atoms with Crippen molar-refractivity contribution >= 4 is 28.3 Å². The normalized spacial score (nSPS) is 19.0. The SMILES string of the molecule is CC1(C)CCc2c(sc(NC(=O)NCCO)c2C(=O)N2CCOCC2)C1. The van der Waals surface area contributed by atoms with Gasteiger partial charge < -0.3 is 20.1 Å². The van der Waals surface area contributed by atoms with E-state index < -0.39 is 6.03 Å². The first kappa shape index (κ1) is 19.1. The molecule has 0 atom stereocenters. The number of aliphatic hydroxyl groups is 1. The van der Waals surface area contributed by atoms with Gasteiger partial charge in [0.1, 0.15) is 5.00 Å². The maximum absolute atomic E-state index is 13.2. The molecule has 26 heavy (non-hydrogen) atoms. The topological polar surface area (TPSA) is 90.9 Å². The van der Waals surface area contributed by atoms with Crippen LogP contribution in [0.2, 0.25) is 0 Å². The third-order valence-electron chi connectivity index (χ3n) is 4.92. The summed E-state index contributed by atoms with van der Waals surface area (Å²) in [5.74, 6) is -0.0250. The van der Waals surface area contributed by atoms with Crippen molar-refractivity contribution in [1.82, 2.24) is 10.2 Å². The molecule has 0 radical (unpaired) electrons. The molecule has 1 fully saturated rings. The Labute approximate surface area is 157 Å². The fraction of sp³-hybridized carbons (Fsp3) is 0.667. The van der Waals surface area contributed by atoms with Crippen molar-refractivity contribution in [1.29, 1.82) is 0 Å². The molecule has 3 N–H and O–H groups in total. The predicted octanol–water partition coefficient (Wildman–Crippen LogP) is 1.85. The molecular formula is C18H27N3O4S. The lowest BCUT2D eigenvalue weighted by atomic mass is 9.77. The van der Waals surface area contributed by atoms with Crippen LogP contribution in [-0.4, -0.2) is 61.4 Å². The first-order valence-corrected chi connectivity index (χ1v) is 9.90. The van der Waals surface area contributed by atoms with Crippen LogP contribution in [0.15, 0.2) is 0 Å². The third kappa shape index (κ3) is 4.19. The molecule has 1 saturated heterocycles. The number of hydrogen-bond acceptors (Lipinski definition) is 5. The molecule has 2 aliphatic rings. The van der Waals surface area contributed by atoms with Crippen LogP contribution in [0.25, 0.3) is 0 Å². The minimum absolute atomic E-state index is 0.0250. The molecule has 1 aromatic heterocycles. The zero-order valence-corrected chi connectivity index (χ0v) is 16.2. The second-order valence-corrected chi connectivity index (χ2v) is 8.66. The number of carbonyl (C=O) groups is 2. The molecule has 1 aromatic rings. The van der Waals surface area contributed by atoms with Crippen LogP contribution in [0.1, 0.15) is 41.1 Å². The highest BCUT2D eigenvalue weighted by molar-refractivity contribution is 7.17. The van der Waals surface area contributed by atoms with Gasteiger partial charge in [-0.25, -0.2) is 4.79 Å². The van der Waals surface area contributed by atoms with Gasteiger partial charge in [0.05, 0.1) is 25.4 Å². The van der Waals surface area contributed by atoms with Crippen molar-refractivity contribution < 1.29 is 19.4 Å². The minimum Gasteiger partial charge on any atom is -0.395 e. The number of morpholine rings is 1. The molecule has 144 valence electrons. The quantitative estimate of drug-likeness (QED) is 0.742. The van der Waals surface area contributed by atoms with Crippen LogP contribution < -0.4 is 10.6 Å². The standard InChI is InChI=1S/C18H27N3O4S/c1-18(2)4-3-12-13(11-18)26-15(20-17(24)19-5-8-22)14(12)16(23)21-6-9-25-10-7-21/h22H,3-11H2,1-2H3,(H2,19,20,24). The number of nitrogens with one attached hydrogen (secondary N) is 2. The van der Waals surface area contributed by atoms with Crippen LogP contribution in [0.4, 0.5) is 9.80 Å². The van der Waals surface area contributed by atoms with E-state index in [1.165, 1.54) is 16.2 Å². The number of urea groups is 1. The predicted molar refractivity (Wildman–Crippen MR) is 101 cm³/mol. The third-order valence-corrected chi connectivity index (χ3v) is 6.07. The zero-order valence-electron chi connectivity index (χ0n) is 15.4. The molecule has 0 spiro atoms. The molecule has 0 saturated carbocycles. The molecular weight excluding hydrogens is 354 g/mol. The van der Waals surface area contributed by atoms with E-state index in [4.69, 9.17) is 9.84 Å². The van der Waals surface area contributed by atoms with Gasteiger partial charge in [-0.15, -0.1) is 11.3 Å². The van der Waals surface area contributed by atoms with Crippen molar-refractivity contribution in [3.63, 3.8) is 0 Å². The van der Waals surface area contributed by atoms with Crippen LogP contribution in [-0.2, 0) is 17.6 Å². The number of hydrogen-bond donors (Lipinski definition) is 3. The number of thiophene rings is 1. The van der Waals surface area contributed by atoms with E-state index in [1.807, 2.05) is 4.90 Å². The molecule has 0 bridgehead atoms.